The van der Waals surface area contributed by atoms with E-state index in [2.05, 4.69) is 37.3 Å². The van der Waals surface area contributed by atoms with Crippen molar-refractivity contribution < 1.29 is 0 Å². The van der Waals surface area contributed by atoms with E-state index in [4.69, 9.17) is 5.41 Å². The lowest BCUT2D eigenvalue weighted by Crippen LogP contribution is -1.88. The largest absolute Gasteiger partial charge is 0.308 e. The Labute approximate surface area is 108 Å². The van der Waals surface area contributed by atoms with E-state index in [1.807, 2.05) is 30.3 Å². The zero-order valence-electron chi connectivity index (χ0n) is 10.6. The summed E-state index contributed by atoms with van der Waals surface area (Å²) in [6.45, 7) is 2.10. The number of hydrogen-bond donors (Lipinski definition) is 1. The van der Waals surface area contributed by atoms with E-state index in [1.54, 1.807) is 0 Å². The van der Waals surface area contributed by atoms with Crippen molar-refractivity contribution in [2.45, 2.75) is 13.3 Å². The molecule has 2 aromatic carbocycles. The van der Waals surface area contributed by atoms with Gasteiger partial charge < -0.3 is 5.41 Å². The van der Waals surface area contributed by atoms with Crippen molar-refractivity contribution in [3.05, 3.63) is 77.4 Å². The van der Waals surface area contributed by atoms with Crippen LogP contribution in [0.2, 0.25) is 0 Å². The molecule has 0 aliphatic carbocycles. The van der Waals surface area contributed by atoms with Crippen molar-refractivity contribution >= 4 is 11.8 Å². The topological polar surface area (TPSA) is 23.9 Å². The molecule has 0 spiro atoms. The Balaban J connectivity index is 2.19. The number of rotatable bonds is 4. The molecule has 1 nitrogen and oxygen atoms in total. The third-order valence-corrected chi connectivity index (χ3v) is 2.90. The molecule has 0 saturated heterocycles. The summed E-state index contributed by atoms with van der Waals surface area (Å²) < 4.78 is 0. The van der Waals surface area contributed by atoms with Crippen molar-refractivity contribution in [3.8, 4) is 0 Å². The quantitative estimate of drug-likeness (QED) is 0.765. The van der Waals surface area contributed by atoms with E-state index in [1.165, 1.54) is 17.3 Å². The molecule has 0 bridgehead atoms. The molecule has 0 saturated carbocycles. The second kappa shape index (κ2) is 5.97. The predicted molar refractivity (Wildman–Crippen MR) is 78.1 cm³/mol. The number of aryl methyl sites for hydroxylation is 1. The fraction of sp³-hybridized carbons (Fsp3) is 0.118. The van der Waals surface area contributed by atoms with E-state index < -0.39 is 0 Å². The van der Waals surface area contributed by atoms with Crippen molar-refractivity contribution in [1.82, 2.24) is 0 Å². The van der Waals surface area contributed by atoms with Gasteiger partial charge in [0.1, 0.15) is 0 Å². The highest BCUT2D eigenvalue weighted by Gasteiger charge is 1.97. The van der Waals surface area contributed by atoms with Gasteiger partial charge in [0.2, 0.25) is 0 Å². The molecule has 0 fully saturated rings. The van der Waals surface area contributed by atoms with Crippen molar-refractivity contribution in [1.29, 1.82) is 5.41 Å². The molecule has 0 heterocycles. The summed E-state index contributed by atoms with van der Waals surface area (Å²) in [7, 11) is 0. The minimum atomic E-state index is 0.862. The van der Waals surface area contributed by atoms with Crippen LogP contribution in [0.4, 0.5) is 0 Å². The summed E-state index contributed by atoms with van der Waals surface area (Å²) in [6, 6.07) is 18.5. The fourth-order valence-corrected chi connectivity index (χ4v) is 1.96. The molecule has 0 aromatic heterocycles. The number of nitrogens with one attached hydrogen (secondary N) is 1. The van der Waals surface area contributed by atoms with Crippen LogP contribution in [0.5, 0.6) is 0 Å². The zero-order valence-corrected chi connectivity index (χ0v) is 10.6. The highest BCUT2D eigenvalue weighted by atomic mass is 14.3. The van der Waals surface area contributed by atoms with Gasteiger partial charge in [0.15, 0.2) is 0 Å². The number of benzene rings is 2. The van der Waals surface area contributed by atoms with E-state index in [0.29, 0.717) is 0 Å². The maximum absolute atomic E-state index is 7.51. The van der Waals surface area contributed by atoms with Gasteiger partial charge in [-0.2, -0.15) is 0 Å². The molecule has 2 aromatic rings. The van der Waals surface area contributed by atoms with E-state index >= 15 is 0 Å². The SMILES string of the molecule is Cc1cccc(C/C=C(\C=N)c2ccccc2)c1. The fourth-order valence-electron chi connectivity index (χ4n) is 1.96. The van der Waals surface area contributed by atoms with Crippen molar-refractivity contribution in [2.24, 2.45) is 0 Å². The lowest BCUT2D eigenvalue weighted by atomic mass is 10.0. The third-order valence-electron chi connectivity index (χ3n) is 2.90. The summed E-state index contributed by atoms with van der Waals surface area (Å²) in [5, 5.41) is 7.51. The third kappa shape index (κ3) is 3.17. The average molecular weight is 235 g/mol. The lowest BCUT2D eigenvalue weighted by molar-refractivity contribution is 1.25. The molecule has 90 valence electrons. The highest BCUT2D eigenvalue weighted by Crippen LogP contribution is 2.13. The van der Waals surface area contributed by atoms with Gasteiger partial charge in [-0.05, 0) is 30.0 Å². The molecule has 18 heavy (non-hydrogen) atoms. The lowest BCUT2D eigenvalue weighted by Gasteiger charge is -2.03. The maximum Gasteiger partial charge on any atom is 0.0253 e. The molecule has 0 unspecified atom stereocenters. The van der Waals surface area contributed by atoms with Crippen LogP contribution in [-0.4, -0.2) is 6.21 Å². The van der Waals surface area contributed by atoms with E-state index in [0.717, 1.165) is 17.6 Å². The molecule has 0 radical (unpaired) electrons. The summed E-state index contributed by atoms with van der Waals surface area (Å²) in [4.78, 5) is 0. The van der Waals surface area contributed by atoms with Gasteiger partial charge in [0.05, 0.1) is 0 Å². The molecule has 1 heteroatoms. The molecule has 0 atom stereocenters. The second-order valence-electron chi connectivity index (χ2n) is 4.36. The van der Waals surface area contributed by atoms with Gasteiger partial charge in [-0.25, -0.2) is 0 Å². The van der Waals surface area contributed by atoms with Crippen LogP contribution in [-0.2, 0) is 6.42 Å². The summed E-state index contributed by atoms with van der Waals surface area (Å²) >= 11 is 0. The highest BCUT2D eigenvalue weighted by molar-refractivity contribution is 6.08. The van der Waals surface area contributed by atoms with Gasteiger partial charge in [0, 0.05) is 6.21 Å². The maximum atomic E-state index is 7.51. The first-order chi connectivity index (χ1) is 8.79. The van der Waals surface area contributed by atoms with Crippen LogP contribution in [0.25, 0.3) is 5.57 Å². The van der Waals surface area contributed by atoms with Crippen LogP contribution in [0.3, 0.4) is 0 Å². The summed E-state index contributed by atoms with van der Waals surface area (Å²) in [6.07, 6.45) is 4.39. The van der Waals surface area contributed by atoms with Gasteiger partial charge in [0.25, 0.3) is 0 Å². The van der Waals surface area contributed by atoms with Crippen LogP contribution in [0.15, 0.2) is 60.7 Å². The van der Waals surface area contributed by atoms with E-state index in [9.17, 15) is 0 Å². The Kier molecular flexibility index (Phi) is 4.08. The molecule has 0 aliphatic rings. The molecular formula is C17H17N. The van der Waals surface area contributed by atoms with Gasteiger partial charge in [-0.3, -0.25) is 0 Å². The predicted octanol–water partition coefficient (Wildman–Crippen LogP) is 4.27. The summed E-state index contributed by atoms with van der Waals surface area (Å²) in [5.41, 5.74) is 4.62. The average Bonchev–Trinajstić information content (AvgIpc) is 2.41. The Morgan fingerprint density at radius 1 is 1.06 bits per heavy atom. The Hall–Kier alpha value is -2.15. The minimum absolute atomic E-state index is 0.862. The van der Waals surface area contributed by atoms with Crippen LogP contribution < -0.4 is 0 Å². The zero-order chi connectivity index (χ0) is 12.8. The monoisotopic (exact) mass is 235 g/mol. The van der Waals surface area contributed by atoms with Gasteiger partial charge in [-0.15, -0.1) is 0 Å². The first-order valence-corrected chi connectivity index (χ1v) is 6.11. The van der Waals surface area contributed by atoms with Crippen molar-refractivity contribution in [2.75, 3.05) is 0 Å². The number of allylic oxidation sites excluding steroid dienone is 2. The second-order valence-corrected chi connectivity index (χ2v) is 4.36. The van der Waals surface area contributed by atoms with Gasteiger partial charge in [-0.1, -0.05) is 66.2 Å². The molecule has 0 aliphatic heterocycles. The Morgan fingerprint density at radius 2 is 1.83 bits per heavy atom. The normalized spacial score (nSPS) is 11.3. The molecule has 2 rings (SSSR count). The number of hydrogen-bond acceptors (Lipinski definition) is 1. The minimum Gasteiger partial charge on any atom is -0.308 e. The standard InChI is InChI=1S/C17H17N/c1-14-6-5-7-15(12-14)10-11-17(13-18)16-8-3-2-4-9-16/h2-9,11-13,18H,10H2,1H3/b17-11+,18-13?. The first-order valence-electron chi connectivity index (χ1n) is 6.11. The Bertz CT molecular complexity index is 553. The van der Waals surface area contributed by atoms with Gasteiger partial charge >= 0.3 is 0 Å². The molecule has 0 amide bonds. The Morgan fingerprint density at radius 3 is 2.50 bits per heavy atom. The first kappa shape index (κ1) is 12.3. The van der Waals surface area contributed by atoms with E-state index in [-0.39, 0.29) is 0 Å². The smallest absolute Gasteiger partial charge is 0.0253 e. The summed E-state index contributed by atoms with van der Waals surface area (Å²) in [5.74, 6) is 0. The molecular weight excluding hydrogens is 218 g/mol. The molecule has 1 N–H and O–H groups in total. The van der Waals surface area contributed by atoms with Crippen molar-refractivity contribution in [3.63, 3.8) is 0 Å². The van der Waals surface area contributed by atoms with Crippen LogP contribution in [0.1, 0.15) is 16.7 Å². The van der Waals surface area contributed by atoms with Crippen LogP contribution in [0, 0.1) is 12.3 Å². The van der Waals surface area contributed by atoms with Crippen LogP contribution >= 0.6 is 0 Å².